The lowest BCUT2D eigenvalue weighted by Gasteiger charge is -2.35. The molecule has 336 valence electrons. The summed E-state index contributed by atoms with van der Waals surface area (Å²) < 4.78 is 11.3. The van der Waals surface area contributed by atoms with Gasteiger partial charge in [-0.3, -0.25) is 24.2 Å². The number of rotatable bonds is 21. The number of benzene rings is 1. The van der Waals surface area contributed by atoms with Crippen molar-refractivity contribution in [1.29, 1.82) is 0 Å². The zero-order valence-corrected chi connectivity index (χ0v) is 38.6. The fourth-order valence-electron chi connectivity index (χ4n) is 7.55. The number of hydrogen-bond donors (Lipinski definition) is 4. The van der Waals surface area contributed by atoms with Gasteiger partial charge in [-0.25, -0.2) is 4.79 Å². The second-order valence-corrected chi connectivity index (χ2v) is 18.9. The first-order valence-electron chi connectivity index (χ1n) is 21.3. The number of aliphatic hydroxyl groups is 1. The van der Waals surface area contributed by atoms with E-state index in [0.29, 0.717) is 36.3 Å². The van der Waals surface area contributed by atoms with Crippen molar-refractivity contribution in [2.75, 3.05) is 33.5 Å². The Kier molecular flexibility index (Phi) is 19.1. The first-order chi connectivity index (χ1) is 28.1. The highest BCUT2D eigenvalue weighted by Crippen LogP contribution is 2.33. The Morgan fingerprint density at radius 3 is 2.23 bits per heavy atom. The molecule has 2 aliphatic rings. The lowest BCUT2D eigenvalue weighted by Crippen LogP contribution is -2.57. The number of aliphatic hydroxyl groups excluding tert-OH is 1. The van der Waals surface area contributed by atoms with Crippen LogP contribution in [0.5, 0.6) is 5.75 Å². The van der Waals surface area contributed by atoms with Crippen molar-refractivity contribution >= 4 is 46.5 Å². The number of amides is 3. The maximum atomic E-state index is 14.1. The molecule has 0 aliphatic carbocycles. The van der Waals surface area contributed by atoms with Crippen LogP contribution in [-0.2, 0) is 35.1 Å². The number of nitrogens with zero attached hydrogens (tertiary/aromatic N) is 3. The zero-order valence-electron chi connectivity index (χ0n) is 37.8. The summed E-state index contributed by atoms with van der Waals surface area (Å²) in [5, 5.41) is 28.1. The number of carbonyl (C=O) groups is 5. The molecule has 0 bridgehead atoms. The summed E-state index contributed by atoms with van der Waals surface area (Å²) in [7, 11) is 4.46. The van der Waals surface area contributed by atoms with Gasteiger partial charge in [0.2, 0.25) is 17.7 Å². The van der Waals surface area contributed by atoms with Gasteiger partial charge < -0.3 is 40.1 Å². The molecule has 1 saturated heterocycles. The molecule has 3 rings (SSSR count). The second kappa shape index (κ2) is 22.8. The van der Waals surface area contributed by atoms with E-state index in [0.717, 1.165) is 30.0 Å². The SMILES string of the molecule is CC[C@H](C)[C@@H](C(=O)O)N(C)C(=O)[C@H](C)N(C)C(=O)[C@H](Cc1ccc(OC)cc1)NC(=O)/C(C)=C/[C@H]1CSC([C@H](C)[C@@H](O)C[C@H](C)C[C@H](OC(=O)[C@@H]2CCCN2)C(C)(C)C)=N1. The summed E-state index contributed by atoms with van der Waals surface area (Å²) in [5.74, 6) is -2.11. The van der Waals surface area contributed by atoms with E-state index in [1.165, 1.54) is 23.9 Å². The van der Waals surface area contributed by atoms with Gasteiger partial charge in [0.15, 0.2) is 0 Å². The third-order valence-electron chi connectivity index (χ3n) is 12.0. The highest BCUT2D eigenvalue weighted by Gasteiger charge is 2.38. The Hall–Kier alpha value is -3.95. The summed E-state index contributed by atoms with van der Waals surface area (Å²) in [6.45, 7) is 17.8. The van der Waals surface area contributed by atoms with Gasteiger partial charge in [-0.05, 0) is 81.0 Å². The van der Waals surface area contributed by atoms with E-state index >= 15 is 0 Å². The molecule has 2 heterocycles. The third kappa shape index (κ3) is 14.1. The maximum Gasteiger partial charge on any atom is 0.326 e. The van der Waals surface area contributed by atoms with Crippen LogP contribution in [0.3, 0.4) is 0 Å². The summed E-state index contributed by atoms with van der Waals surface area (Å²) >= 11 is 1.54. The lowest BCUT2D eigenvalue weighted by atomic mass is 9.81. The van der Waals surface area contributed by atoms with Crippen LogP contribution in [0, 0.1) is 23.2 Å². The Bertz CT molecular complexity index is 1690. The predicted octanol–water partition coefficient (Wildman–Crippen LogP) is 5.11. The van der Waals surface area contributed by atoms with Crippen molar-refractivity contribution in [2.24, 2.45) is 28.2 Å². The fourth-order valence-corrected chi connectivity index (χ4v) is 8.70. The number of hydrogen-bond acceptors (Lipinski definition) is 11. The molecule has 1 aromatic carbocycles. The van der Waals surface area contributed by atoms with Gasteiger partial charge in [0.25, 0.3) is 0 Å². The summed E-state index contributed by atoms with van der Waals surface area (Å²) in [6, 6.07) is 3.41. The minimum absolute atomic E-state index is 0.0747. The van der Waals surface area contributed by atoms with Crippen LogP contribution < -0.4 is 15.4 Å². The highest BCUT2D eigenvalue weighted by molar-refractivity contribution is 8.14. The standard InChI is InChI=1S/C45H71N5O9S/c1-13-27(3)38(43(55)56)50(11)41(53)30(6)49(10)42(54)35(24-31-16-18-33(58-12)19-17-31)48-39(52)28(4)23-32-25-60-40(47-32)29(5)36(51)21-26(2)22-37(45(7,8)9)59-44(57)34-15-14-20-46-34/h16-19,23,26-27,29-30,32,34-38,46,51H,13-15,20-22,24-25H2,1-12H3,(H,48,52)(H,55,56)/b28-23+/t26-,27-,29+,30-,32-,34-,35-,36-,37-,38-/m0/s1. The zero-order chi connectivity index (χ0) is 45.1. The van der Waals surface area contributed by atoms with E-state index in [-0.39, 0.29) is 53.7 Å². The molecule has 0 spiro atoms. The first kappa shape index (κ1) is 50.4. The van der Waals surface area contributed by atoms with Gasteiger partial charge in [0.1, 0.15) is 36.0 Å². The molecule has 14 nitrogen and oxygen atoms in total. The predicted molar refractivity (Wildman–Crippen MR) is 236 cm³/mol. The van der Waals surface area contributed by atoms with Crippen molar-refractivity contribution in [1.82, 2.24) is 20.4 Å². The molecule has 1 aromatic rings. The largest absolute Gasteiger partial charge is 0.497 e. The van der Waals surface area contributed by atoms with Crippen molar-refractivity contribution in [3.05, 3.63) is 41.5 Å². The fraction of sp³-hybridized carbons (Fsp3) is 0.689. The number of thioether (sulfide) groups is 1. The molecule has 0 aromatic heterocycles. The van der Waals surface area contributed by atoms with Crippen molar-refractivity contribution in [2.45, 2.75) is 143 Å². The van der Waals surface area contributed by atoms with Crippen LogP contribution >= 0.6 is 11.8 Å². The van der Waals surface area contributed by atoms with Crippen molar-refractivity contribution in [3.63, 3.8) is 0 Å². The molecule has 0 saturated carbocycles. The van der Waals surface area contributed by atoms with Gasteiger partial charge in [-0.1, -0.05) is 73.1 Å². The Labute approximate surface area is 361 Å². The molecule has 0 radical (unpaired) electrons. The first-order valence-corrected chi connectivity index (χ1v) is 22.3. The molecule has 10 atom stereocenters. The topological polar surface area (TPSA) is 187 Å². The average molecular weight is 858 g/mol. The molecule has 15 heteroatoms. The van der Waals surface area contributed by atoms with Crippen LogP contribution in [0.25, 0.3) is 0 Å². The molecular formula is C45H71N5O9S. The number of likely N-dealkylation sites (N-methyl/N-ethyl adjacent to an activating group) is 2. The number of carboxylic acids is 1. The number of nitrogens with one attached hydrogen (secondary N) is 2. The van der Waals surface area contributed by atoms with Gasteiger partial charge in [-0.2, -0.15) is 0 Å². The van der Waals surface area contributed by atoms with E-state index in [4.69, 9.17) is 14.5 Å². The maximum absolute atomic E-state index is 14.1. The Balaban J connectivity index is 1.71. The molecule has 60 heavy (non-hydrogen) atoms. The van der Waals surface area contributed by atoms with Crippen molar-refractivity contribution in [3.8, 4) is 5.75 Å². The van der Waals surface area contributed by atoms with Crippen LogP contribution in [0.15, 0.2) is 40.9 Å². The van der Waals surface area contributed by atoms with Gasteiger partial charge in [0.05, 0.1) is 24.3 Å². The number of aliphatic imine (C=N–C) groups is 1. The van der Waals surface area contributed by atoms with E-state index in [1.807, 2.05) is 13.8 Å². The quantitative estimate of drug-likeness (QED) is 0.0951. The second-order valence-electron chi connectivity index (χ2n) is 17.9. The van der Waals surface area contributed by atoms with Crippen LogP contribution in [0.4, 0.5) is 0 Å². The summed E-state index contributed by atoms with van der Waals surface area (Å²) in [4.78, 5) is 73.7. The lowest BCUT2D eigenvalue weighted by molar-refractivity contribution is -0.158. The normalized spacial score (nSPS) is 21.0. The average Bonchev–Trinajstić information content (AvgIpc) is 3.92. The number of ether oxygens (including phenoxy) is 2. The van der Waals surface area contributed by atoms with Gasteiger partial charge >= 0.3 is 11.9 Å². The number of methoxy groups -OCH3 is 1. The Morgan fingerprint density at radius 2 is 1.68 bits per heavy atom. The molecule has 4 N–H and O–H groups in total. The third-order valence-corrected chi connectivity index (χ3v) is 13.3. The van der Waals surface area contributed by atoms with E-state index in [9.17, 15) is 34.2 Å². The van der Waals surface area contributed by atoms with E-state index < -0.39 is 47.9 Å². The number of carbonyl (C=O) groups excluding carboxylic acids is 4. The van der Waals surface area contributed by atoms with Crippen molar-refractivity contribution < 1.29 is 43.7 Å². The van der Waals surface area contributed by atoms with E-state index in [2.05, 4.69) is 38.3 Å². The summed E-state index contributed by atoms with van der Waals surface area (Å²) in [6.07, 6.45) is 4.33. The Morgan fingerprint density at radius 1 is 1.03 bits per heavy atom. The minimum Gasteiger partial charge on any atom is -0.497 e. The van der Waals surface area contributed by atoms with Crippen LogP contribution in [0.1, 0.15) is 100.0 Å². The molecule has 0 unspecified atom stereocenters. The van der Waals surface area contributed by atoms with Crippen LogP contribution in [-0.4, -0.2) is 131 Å². The summed E-state index contributed by atoms with van der Waals surface area (Å²) in [5.41, 5.74) is 0.852. The minimum atomic E-state index is -1.12. The van der Waals surface area contributed by atoms with E-state index in [1.54, 1.807) is 70.0 Å². The number of carboxylic acid groups (broad SMARTS) is 1. The smallest absolute Gasteiger partial charge is 0.326 e. The molecular weight excluding hydrogens is 787 g/mol. The van der Waals surface area contributed by atoms with Gasteiger partial charge in [0, 0.05) is 37.8 Å². The van der Waals surface area contributed by atoms with Gasteiger partial charge in [-0.15, -0.1) is 11.8 Å². The highest BCUT2D eigenvalue weighted by atomic mass is 32.2. The monoisotopic (exact) mass is 857 g/mol. The molecule has 2 aliphatic heterocycles. The number of esters is 1. The molecule has 3 amide bonds. The number of aliphatic carboxylic acids is 1. The van der Waals surface area contributed by atoms with Crippen LogP contribution in [0.2, 0.25) is 0 Å². The molecule has 1 fully saturated rings.